The summed E-state index contributed by atoms with van der Waals surface area (Å²) in [6.07, 6.45) is -4.86. The molecule has 0 aliphatic carbocycles. The molecule has 2 aromatic carbocycles. The number of halogens is 4. The van der Waals surface area contributed by atoms with Crippen molar-refractivity contribution in [3.8, 4) is 5.75 Å². The molecule has 0 unspecified atom stereocenters. The molecule has 1 atom stereocenters. The average molecular weight is 399 g/mol. The zero-order chi connectivity index (χ0) is 19.8. The summed E-state index contributed by atoms with van der Waals surface area (Å²) >= 11 is 6.06. The number of imide groups is 1. The van der Waals surface area contributed by atoms with Crippen LogP contribution in [0.4, 0.5) is 24.5 Å². The van der Waals surface area contributed by atoms with Crippen molar-refractivity contribution < 1.29 is 27.5 Å². The molecule has 5 nitrogen and oxygen atoms in total. The van der Waals surface area contributed by atoms with Crippen LogP contribution in [0.1, 0.15) is 12.0 Å². The number of benzene rings is 2. The Labute approximate surface area is 157 Å². The lowest BCUT2D eigenvalue weighted by atomic mass is 10.2. The lowest BCUT2D eigenvalue weighted by Crippen LogP contribution is -2.35. The maximum absolute atomic E-state index is 12.7. The Morgan fingerprint density at radius 1 is 1.15 bits per heavy atom. The van der Waals surface area contributed by atoms with Gasteiger partial charge in [-0.05, 0) is 48.9 Å². The van der Waals surface area contributed by atoms with Gasteiger partial charge in [0, 0.05) is 10.7 Å². The number of rotatable bonds is 4. The highest BCUT2D eigenvalue weighted by molar-refractivity contribution is 6.32. The first-order valence-electron chi connectivity index (χ1n) is 7.90. The topological polar surface area (TPSA) is 58.6 Å². The number of hydrogen-bond acceptors (Lipinski definition) is 4. The number of anilines is 2. The molecular formula is C18H14ClF3N2O3. The molecule has 9 heteroatoms. The maximum atomic E-state index is 12.7. The quantitative estimate of drug-likeness (QED) is 0.780. The number of nitrogens with one attached hydrogen (secondary N) is 1. The molecule has 0 saturated carbocycles. The molecule has 0 aromatic heterocycles. The van der Waals surface area contributed by atoms with E-state index in [1.54, 1.807) is 25.1 Å². The minimum absolute atomic E-state index is 0.0778. The third-order valence-corrected chi connectivity index (χ3v) is 4.46. The summed E-state index contributed by atoms with van der Waals surface area (Å²) in [6, 6.07) is 9.02. The number of carbonyl (C=O) groups is 2. The number of nitrogens with zero attached hydrogens (tertiary/aromatic N) is 1. The van der Waals surface area contributed by atoms with Gasteiger partial charge >= 0.3 is 6.36 Å². The van der Waals surface area contributed by atoms with Crippen LogP contribution in [0.3, 0.4) is 0 Å². The molecule has 1 fully saturated rings. The van der Waals surface area contributed by atoms with Gasteiger partial charge < -0.3 is 10.1 Å². The first-order chi connectivity index (χ1) is 12.7. The van der Waals surface area contributed by atoms with E-state index in [0.29, 0.717) is 22.0 Å². The fourth-order valence-corrected chi connectivity index (χ4v) is 2.96. The Morgan fingerprint density at radius 2 is 1.81 bits per heavy atom. The lowest BCUT2D eigenvalue weighted by Gasteiger charge is -2.18. The van der Waals surface area contributed by atoms with Crippen molar-refractivity contribution >= 4 is 34.8 Å². The molecule has 3 rings (SSSR count). The zero-order valence-electron chi connectivity index (χ0n) is 14.0. The minimum atomic E-state index is -4.78. The van der Waals surface area contributed by atoms with Gasteiger partial charge in [-0.2, -0.15) is 0 Å². The normalized spacial score (nSPS) is 17.4. The monoisotopic (exact) mass is 398 g/mol. The van der Waals surface area contributed by atoms with E-state index in [-0.39, 0.29) is 18.1 Å². The average Bonchev–Trinajstić information content (AvgIpc) is 2.85. The van der Waals surface area contributed by atoms with Gasteiger partial charge in [-0.25, -0.2) is 4.90 Å². The molecule has 1 aliphatic heterocycles. The number of ether oxygens (including phenoxy) is 1. The second-order valence-electron chi connectivity index (χ2n) is 5.92. The largest absolute Gasteiger partial charge is 0.573 e. The molecule has 2 amide bonds. The summed E-state index contributed by atoms with van der Waals surface area (Å²) in [5, 5.41) is 3.30. The first-order valence-corrected chi connectivity index (χ1v) is 8.28. The highest BCUT2D eigenvalue weighted by Crippen LogP contribution is 2.31. The Kier molecular flexibility index (Phi) is 5.01. The highest BCUT2D eigenvalue weighted by atomic mass is 35.5. The standard InChI is InChI=1S/C18H14ClF3N2O3/c1-10-13(19)3-2-4-15(10)24-16(25)9-14(17(24)26)23-11-5-7-12(8-6-11)27-18(20,21)22/h2-8,14,23H,9H2,1H3/t14-/m1/s1. The molecule has 2 aromatic rings. The van der Waals surface area contributed by atoms with Crippen LogP contribution < -0.4 is 15.0 Å². The minimum Gasteiger partial charge on any atom is -0.406 e. The second-order valence-corrected chi connectivity index (χ2v) is 6.33. The Hall–Kier alpha value is -2.74. The summed E-state index contributed by atoms with van der Waals surface area (Å²) in [5.74, 6) is -1.22. The van der Waals surface area contributed by atoms with Gasteiger partial charge in [-0.1, -0.05) is 17.7 Å². The van der Waals surface area contributed by atoms with Gasteiger partial charge in [0.05, 0.1) is 12.1 Å². The van der Waals surface area contributed by atoms with Gasteiger partial charge in [-0.15, -0.1) is 13.2 Å². The van der Waals surface area contributed by atoms with Crippen molar-refractivity contribution in [2.24, 2.45) is 0 Å². The molecule has 1 saturated heterocycles. The summed E-state index contributed by atoms with van der Waals surface area (Å²) in [5.41, 5.74) is 1.41. The third-order valence-electron chi connectivity index (χ3n) is 4.06. The van der Waals surface area contributed by atoms with Gasteiger partial charge in [0.1, 0.15) is 11.8 Å². The van der Waals surface area contributed by atoms with Gasteiger partial charge in [0.15, 0.2) is 0 Å². The molecule has 1 aliphatic rings. The van der Waals surface area contributed by atoms with Crippen LogP contribution in [0.2, 0.25) is 5.02 Å². The van der Waals surface area contributed by atoms with Crippen LogP contribution >= 0.6 is 11.6 Å². The Bertz CT molecular complexity index is 884. The van der Waals surface area contributed by atoms with E-state index in [4.69, 9.17) is 11.6 Å². The first kappa shape index (κ1) is 19.0. The van der Waals surface area contributed by atoms with Gasteiger partial charge in [0.25, 0.3) is 5.91 Å². The fourth-order valence-electron chi connectivity index (χ4n) is 2.79. The van der Waals surface area contributed by atoms with Crippen molar-refractivity contribution in [1.82, 2.24) is 0 Å². The molecular weight excluding hydrogens is 385 g/mol. The van der Waals surface area contributed by atoms with E-state index in [1.165, 1.54) is 12.1 Å². The predicted octanol–water partition coefficient (Wildman–Crippen LogP) is 4.29. The Balaban J connectivity index is 1.75. The van der Waals surface area contributed by atoms with Crippen LogP contribution in [-0.2, 0) is 9.59 Å². The van der Waals surface area contributed by atoms with Crippen molar-refractivity contribution in [3.05, 3.63) is 53.1 Å². The van der Waals surface area contributed by atoms with E-state index in [2.05, 4.69) is 10.1 Å². The van der Waals surface area contributed by atoms with E-state index < -0.39 is 18.3 Å². The van der Waals surface area contributed by atoms with Crippen LogP contribution in [0.25, 0.3) is 0 Å². The SMILES string of the molecule is Cc1c(Cl)cccc1N1C(=O)C[C@@H](Nc2ccc(OC(F)(F)F)cc2)C1=O. The highest BCUT2D eigenvalue weighted by Gasteiger charge is 2.40. The molecule has 0 bridgehead atoms. The van der Waals surface area contributed by atoms with Crippen molar-refractivity contribution in [3.63, 3.8) is 0 Å². The molecule has 0 radical (unpaired) electrons. The molecule has 27 heavy (non-hydrogen) atoms. The van der Waals surface area contributed by atoms with Crippen molar-refractivity contribution in [1.29, 1.82) is 0 Å². The predicted molar refractivity (Wildman–Crippen MR) is 93.8 cm³/mol. The fraction of sp³-hybridized carbons (Fsp3) is 0.222. The van der Waals surface area contributed by atoms with Crippen molar-refractivity contribution in [2.45, 2.75) is 25.7 Å². The van der Waals surface area contributed by atoms with E-state index >= 15 is 0 Å². The summed E-state index contributed by atoms with van der Waals surface area (Å²) in [6.45, 7) is 1.71. The van der Waals surface area contributed by atoms with Crippen molar-refractivity contribution in [2.75, 3.05) is 10.2 Å². The maximum Gasteiger partial charge on any atom is 0.573 e. The smallest absolute Gasteiger partial charge is 0.406 e. The molecule has 142 valence electrons. The third kappa shape index (κ3) is 4.16. The number of carbonyl (C=O) groups excluding carboxylic acids is 2. The van der Waals surface area contributed by atoms with Crippen LogP contribution in [0.15, 0.2) is 42.5 Å². The molecule has 1 N–H and O–H groups in total. The molecule has 0 spiro atoms. The Morgan fingerprint density at radius 3 is 2.44 bits per heavy atom. The van der Waals surface area contributed by atoms with E-state index in [9.17, 15) is 22.8 Å². The lowest BCUT2D eigenvalue weighted by molar-refractivity contribution is -0.274. The molecule has 1 heterocycles. The van der Waals surface area contributed by atoms with Crippen LogP contribution in [-0.4, -0.2) is 24.2 Å². The number of hydrogen-bond donors (Lipinski definition) is 1. The van der Waals surface area contributed by atoms with Crippen LogP contribution in [0, 0.1) is 6.92 Å². The summed E-state index contributed by atoms with van der Waals surface area (Å²) in [7, 11) is 0. The summed E-state index contributed by atoms with van der Waals surface area (Å²) in [4.78, 5) is 26.1. The van der Waals surface area contributed by atoms with E-state index in [1.807, 2.05) is 0 Å². The second kappa shape index (κ2) is 7.11. The zero-order valence-corrected chi connectivity index (χ0v) is 14.8. The van der Waals surface area contributed by atoms with Gasteiger partial charge in [-0.3, -0.25) is 9.59 Å². The summed E-state index contributed by atoms with van der Waals surface area (Å²) < 4.78 is 40.4. The number of alkyl halides is 3. The van der Waals surface area contributed by atoms with E-state index in [0.717, 1.165) is 17.0 Å². The van der Waals surface area contributed by atoms with Crippen LogP contribution in [0.5, 0.6) is 5.75 Å². The van der Waals surface area contributed by atoms with Gasteiger partial charge in [0.2, 0.25) is 5.91 Å². The number of amides is 2.